The van der Waals surface area contributed by atoms with Crippen molar-refractivity contribution < 1.29 is 9.53 Å². The first-order valence-electron chi connectivity index (χ1n) is 7.42. The highest BCUT2D eigenvalue weighted by atomic mass is 79.9. The van der Waals surface area contributed by atoms with Crippen LogP contribution in [0.2, 0.25) is 5.02 Å². The lowest BCUT2D eigenvalue weighted by Crippen LogP contribution is -2.23. The standard InChI is InChI=1S/C18H16BrClN2O2/c19-15-11-13(7-8-16(15)20)18(23)22-12-14-5-1-2-6-17(14)24-10-4-3-9-21/h1-2,5-8,11H,3-4,10,12H2,(H,22,23). The van der Waals surface area contributed by atoms with Crippen molar-refractivity contribution in [2.24, 2.45) is 0 Å². The monoisotopic (exact) mass is 406 g/mol. The number of nitriles is 1. The molecule has 0 fully saturated rings. The molecule has 0 saturated carbocycles. The summed E-state index contributed by atoms with van der Waals surface area (Å²) in [5.41, 5.74) is 1.41. The first-order chi connectivity index (χ1) is 11.6. The van der Waals surface area contributed by atoms with Gasteiger partial charge in [0, 0.05) is 28.6 Å². The second-order valence-corrected chi connectivity index (χ2v) is 6.29. The van der Waals surface area contributed by atoms with E-state index in [0.717, 1.165) is 5.56 Å². The van der Waals surface area contributed by atoms with Crippen LogP contribution in [0.25, 0.3) is 0 Å². The van der Waals surface area contributed by atoms with Crippen molar-refractivity contribution in [1.82, 2.24) is 5.32 Å². The number of nitrogens with zero attached hydrogens (tertiary/aromatic N) is 1. The van der Waals surface area contributed by atoms with Gasteiger partial charge in [-0.25, -0.2) is 0 Å². The molecule has 0 spiro atoms. The van der Waals surface area contributed by atoms with E-state index in [-0.39, 0.29) is 5.91 Å². The van der Waals surface area contributed by atoms with Gasteiger partial charge in [0.15, 0.2) is 0 Å². The van der Waals surface area contributed by atoms with E-state index in [1.165, 1.54) is 0 Å². The van der Waals surface area contributed by atoms with E-state index in [4.69, 9.17) is 21.6 Å². The predicted molar refractivity (Wildman–Crippen MR) is 97.1 cm³/mol. The highest BCUT2D eigenvalue weighted by Gasteiger charge is 2.09. The Kier molecular flexibility index (Phi) is 7.10. The Hall–Kier alpha value is -2.03. The maximum atomic E-state index is 12.2. The molecule has 0 aromatic heterocycles. The van der Waals surface area contributed by atoms with E-state index in [1.807, 2.05) is 24.3 Å². The summed E-state index contributed by atoms with van der Waals surface area (Å²) in [6.07, 6.45) is 1.14. The fourth-order valence-corrected chi connectivity index (χ4v) is 2.54. The molecule has 0 aliphatic heterocycles. The Morgan fingerprint density at radius 2 is 2.08 bits per heavy atom. The topological polar surface area (TPSA) is 62.1 Å². The summed E-state index contributed by atoms with van der Waals surface area (Å²) in [5, 5.41) is 12.0. The fraction of sp³-hybridized carbons (Fsp3) is 0.222. The average molecular weight is 408 g/mol. The molecule has 4 nitrogen and oxygen atoms in total. The van der Waals surface area contributed by atoms with Crippen molar-refractivity contribution in [2.45, 2.75) is 19.4 Å². The molecule has 0 heterocycles. The highest BCUT2D eigenvalue weighted by molar-refractivity contribution is 9.10. The molecule has 2 aromatic carbocycles. The maximum absolute atomic E-state index is 12.2. The van der Waals surface area contributed by atoms with Crippen LogP contribution in [0.1, 0.15) is 28.8 Å². The van der Waals surface area contributed by atoms with Crippen LogP contribution in [-0.2, 0) is 6.54 Å². The number of ether oxygens (including phenoxy) is 1. The van der Waals surface area contributed by atoms with Gasteiger partial charge in [0.05, 0.1) is 17.7 Å². The molecule has 2 aromatic rings. The minimum atomic E-state index is -0.188. The van der Waals surface area contributed by atoms with Gasteiger partial charge in [0.25, 0.3) is 5.91 Å². The fourth-order valence-electron chi connectivity index (χ4n) is 2.04. The molecule has 0 bridgehead atoms. The van der Waals surface area contributed by atoms with Crippen LogP contribution in [-0.4, -0.2) is 12.5 Å². The minimum Gasteiger partial charge on any atom is -0.493 e. The summed E-state index contributed by atoms with van der Waals surface area (Å²) in [4.78, 5) is 12.2. The van der Waals surface area contributed by atoms with Crippen molar-refractivity contribution in [2.75, 3.05) is 6.61 Å². The molecule has 0 aliphatic carbocycles. The number of nitrogens with one attached hydrogen (secondary N) is 1. The van der Waals surface area contributed by atoms with Crippen LogP contribution in [0, 0.1) is 11.3 Å². The lowest BCUT2D eigenvalue weighted by molar-refractivity contribution is 0.0950. The number of halogens is 2. The maximum Gasteiger partial charge on any atom is 0.251 e. The molecule has 0 unspecified atom stereocenters. The Morgan fingerprint density at radius 3 is 2.83 bits per heavy atom. The lowest BCUT2D eigenvalue weighted by Gasteiger charge is -2.12. The van der Waals surface area contributed by atoms with Crippen molar-refractivity contribution >= 4 is 33.4 Å². The molecule has 124 valence electrons. The third kappa shape index (κ3) is 5.26. The number of hydrogen-bond donors (Lipinski definition) is 1. The number of hydrogen-bond acceptors (Lipinski definition) is 3. The van der Waals surface area contributed by atoms with Gasteiger partial charge in [-0.2, -0.15) is 5.26 Å². The summed E-state index contributed by atoms with van der Waals surface area (Å²) < 4.78 is 6.36. The molecule has 0 radical (unpaired) electrons. The van der Waals surface area contributed by atoms with Crippen LogP contribution < -0.4 is 10.1 Å². The number of unbranched alkanes of at least 4 members (excludes halogenated alkanes) is 1. The average Bonchev–Trinajstić information content (AvgIpc) is 2.60. The zero-order valence-electron chi connectivity index (χ0n) is 12.9. The van der Waals surface area contributed by atoms with Crippen LogP contribution in [0.5, 0.6) is 5.75 Å². The van der Waals surface area contributed by atoms with Gasteiger partial charge in [0.1, 0.15) is 5.75 Å². The van der Waals surface area contributed by atoms with Crippen molar-refractivity contribution in [3.8, 4) is 11.8 Å². The Bertz CT molecular complexity index is 759. The van der Waals surface area contributed by atoms with Gasteiger partial charge in [-0.05, 0) is 46.6 Å². The molecule has 0 saturated heterocycles. The zero-order chi connectivity index (χ0) is 17.4. The lowest BCUT2D eigenvalue weighted by atomic mass is 10.1. The van der Waals surface area contributed by atoms with Gasteiger partial charge in [-0.1, -0.05) is 29.8 Å². The van der Waals surface area contributed by atoms with E-state index in [1.54, 1.807) is 18.2 Å². The summed E-state index contributed by atoms with van der Waals surface area (Å²) in [7, 11) is 0. The number of para-hydroxylation sites is 1. The molecule has 1 N–H and O–H groups in total. The van der Waals surface area contributed by atoms with Gasteiger partial charge in [-0.3, -0.25) is 4.79 Å². The number of amides is 1. The Balaban J connectivity index is 1.97. The second kappa shape index (κ2) is 9.31. The van der Waals surface area contributed by atoms with E-state index in [0.29, 0.717) is 46.8 Å². The molecule has 24 heavy (non-hydrogen) atoms. The van der Waals surface area contributed by atoms with Crippen LogP contribution >= 0.6 is 27.5 Å². The first-order valence-corrected chi connectivity index (χ1v) is 8.60. The first kappa shape index (κ1) is 18.3. The molecule has 1 amide bonds. The molecular weight excluding hydrogens is 392 g/mol. The number of benzene rings is 2. The van der Waals surface area contributed by atoms with Gasteiger partial charge in [0.2, 0.25) is 0 Å². The zero-order valence-corrected chi connectivity index (χ0v) is 15.2. The summed E-state index contributed by atoms with van der Waals surface area (Å²) >= 11 is 9.24. The van der Waals surface area contributed by atoms with Crippen molar-refractivity contribution in [3.63, 3.8) is 0 Å². The van der Waals surface area contributed by atoms with Crippen LogP contribution in [0.15, 0.2) is 46.9 Å². The van der Waals surface area contributed by atoms with Crippen LogP contribution in [0.4, 0.5) is 0 Å². The normalized spacial score (nSPS) is 10.0. The highest BCUT2D eigenvalue weighted by Crippen LogP contribution is 2.23. The molecule has 0 aliphatic rings. The van der Waals surface area contributed by atoms with E-state index < -0.39 is 0 Å². The van der Waals surface area contributed by atoms with E-state index in [9.17, 15) is 4.79 Å². The Labute approximate surface area is 154 Å². The van der Waals surface area contributed by atoms with Gasteiger partial charge >= 0.3 is 0 Å². The second-order valence-electron chi connectivity index (χ2n) is 5.03. The predicted octanol–water partition coefficient (Wildman–Crippen LogP) is 4.72. The number of rotatable bonds is 7. The minimum absolute atomic E-state index is 0.188. The molecule has 2 rings (SSSR count). The summed E-state index contributed by atoms with van der Waals surface area (Å²) in [5.74, 6) is 0.527. The third-order valence-electron chi connectivity index (χ3n) is 3.28. The number of carbonyl (C=O) groups is 1. The SMILES string of the molecule is N#CCCCOc1ccccc1CNC(=O)c1ccc(Cl)c(Br)c1. The van der Waals surface area contributed by atoms with E-state index in [2.05, 4.69) is 27.3 Å². The largest absolute Gasteiger partial charge is 0.493 e. The number of carbonyl (C=O) groups excluding carboxylic acids is 1. The molecular formula is C18H16BrClN2O2. The summed E-state index contributed by atoms with van der Waals surface area (Å²) in [6.45, 7) is 0.830. The van der Waals surface area contributed by atoms with Gasteiger partial charge < -0.3 is 10.1 Å². The van der Waals surface area contributed by atoms with Crippen LogP contribution in [0.3, 0.4) is 0 Å². The Morgan fingerprint density at radius 1 is 1.29 bits per heavy atom. The van der Waals surface area contributed by atoms with Gasteiger partial charge in [-0.15, -0.1) is 0 Å². The quantitative estimate of drug-likeness (QED) is 0.676. The summed E-state index contributed by atoms with van der Waals surface area (Å²) in [6, 6.07) is 14.6. The van der Waals surface area contributed by atoms with Crippen molar-refractivity contribution in [1.29, 1.82) is 5.26 Å². The third-order valence-corrected chi connectivity index (χ3v) is 4.50. The smallest absolute Gasteiger partial charge is 0.251 e. The van der Waals surface area contributed by atoms with Crippen molar-refractivity contribution in [3.05, 3.63) is 63.1 Å². The molecule has 6 heteroatoms. The van der Waals surface area contributed by atoms with E-state index >= 15 is 0 Å². The molecule has 0 atom stereocenters.